The SMILES string of the molecule is Cn1nc(C(=O)NC(c2ccc(F)cc2)C(C)(C)C)ccc1=O. The number of hydrogen-bond acceptors (Lipinski definition) is 3. The number of benzene rings is 1. The first-order chi connectivity index (χ1) is 10.7. The number of aromatic nitrogens is 2. The average molecular weight is 317 g/mol. The number of amides is 1. The second-order valence-corrected chi connectivity index (χ2v) is 6.50. The number of hydrogen-bond donors (Lipinski definition) is 1. The maximum Gasteiger partial charge on any atom is 0.272 e. The van der Waals surface area contributed by atoms with Crippen molar-refractivity contribution in [1.29, 1.82) is 0 Å². The average Bonchev–Trinajstić information content (AvgIpc) is 2.47. The number of rotatable bonds is 3. The van der Waals surface area contributed by atoms with Crippen molar-refractivity contribution < 1.29 is 9.18 Å². The van der Waals surface area contributed by atoms with E-state index in [2.05, 4.69) is 10.4 Å². The molecule has 0 bridgehead atoms. The third-order valence-corrected chi connectivity index (χ3v) is 3.54. The predicted octanol–water partition coefficient (Wildman–Crippen LogP) is 2.44. The zero-order valence-corrected chi connectivity index (χ0v) is 13.6. The van der Waals surface area contributed by atoms with E-state index in [-0.39, 0.29) is 34.4 Å². The third kappa shape index (κ3) is 4.03. The summed E-state index contributed by atoms with van der Waals surface area (Å²) >= 11 is 0. The maximum atomic E-state index is 13.1. The molecule has 0 aliphatic carbocycles. The summed E-state index contributed by atoms with van der Waals surface area (Å²) < 4.78 is 14.2. The van der Waals surface area contributed by atoms with Gasteiger partial charge in [-0.1, -0.05) is 32.9 Å². The molecule has 0 radical (unpaired) electrons. The van der Waals surface area contributed by atoms with Crippen molar-refractivity contribution in [2.75, 3.05) is 0 Å². The van der Waals surface area contributed by atoms with E-state index in [1.165, 1.54) is 31.3 Å². The lowest BCUT2D eigenvalue weighted by Gasteiger charge is -2.32. The van der Waals surface area contributed by atoms with Gasteiger partial charge in [0.15, 0.2) is 0 Å². The molecule has 1 amide bonds. The van der Waals surface area contributed by atoms with Gasteiger partial charge in [-0.2, -0.15) is 5.10 Å². The number of aryl methyl sites for hydroxylation is 1. The smallest absolute Gasteiger partial charge is 0.272 e. The van der Waals surface area contributed by atoms with Crippen molar-refractivity contribution in [3.8, 4) is 0 Å². The Hall–Kier alpha value is -2.50. The van der Waals surface area contributed by atoms with Crippen LogP contribution in [-0.4, -0.2) is 15.7 Å². The molecule has 0 spiro atoms. The van der Waals surface area contributed by atoms with Crippen LogP contribution in [0.2, 0.25) is 0 Å². The third-order valence-electron chi connectivity index (χ3n) is 3.54. The molecule has 122 valence electrons. The first-order valence-electron chi connectivity index (χ1n) is 7.29. The van der Waals surface area contributed by atoms with E-state index in [4.69, 9.17) is 0 Å². The minimum Gasteiger partial charge on any atom is -0.343 e. The summed E-state index contributed by atoms with van der Waals surface area (Å²) in [5, 5.41) is 6.86. The van der Waals surface area contributed by atoms with Gasteiger partial charge >= 0.3 is 0 Å². The largest absolute Gasteiger partial charge is 0.343 e. The molecule has 1 unspecified atom stereocenters. The summed E-state index contributed by atoms with van der Waals surface area (Å²) in [5.74, 6) is -0.711. The highest BCUT2D eigenvalue weighted by atomic mass is 19.1. The Morgan fingerprint density at radius 3 is 2.30 bits per heavy atom. The molecule has 1 aromatic carbocycles. The molecule has 0 aliphatic rings. The van der Waals surface area contributed by atoms with Gasteiger partial charge in [0.1, 0.15) is 11.5 Å². The Morgan fingerprint density at radius 1 is 1.17 bits per heavy atom. The van der Waals surface area contributed by atoms with Gasteiger partial charge in [-0.15, -0.1) is 0 Å². The zero-order chi connectivity index (χ0) is 17.2. The van der Waals surface area contributed by atoms with E-state index in [0.29, 0.717) is 0 Å². The molecular formula is C17H20FN3O2. The van der Waals surface area contributed by atoms with Crippen molar-refractivity contribution in [3.63, 3.8) is 0 Å². The fourth-order valence-electron chi connectivity index (χ4n) is 2.28. The molecule has 1 aromatic heterocycles. The highest BCUT2D eigenvalue weighted by molar-refractivity contribution is 5.92. The van der Waals surface area contributed by atoms with Crippen LogP contribution >= 0.6 is 0 Å². The van der Waals surface area contributed by atoms with Crippen LogP contribution in [-0.2, 0) is 7.05 Å². The van der Waals surface area contributed by atoms with Crippen molar-refractivity contribution in [3.05, 3.63) is 63.8 Å². The van der Waals surface area contributed by atoms with E-state index in [9.17, 15) is 14.0 Å². The van der Waals surface area contributed by atoms with Crippen LogP contribution in [0.5, 0.6) is 0 Å². The van der Waals surface area contributed by atoms with Crippen molar-refractivity contribution in [2.24, 2.45) is 12.5 Å². The molecule has 5 nitrogen and oxygen atoms in total. The highest BCUT2D eigenvalue weighted by Gasteiger charge is 2.28. The van der Waals surface area contributed by atoms with Crippen LogP contribution in [0.15, 0.2) is 41.2 Å². The van der Waals surface area contributed by atoms with Gasteiger partial charge in [-0.05, 0) is 29.2 Å². The quantitative estimate of drug-likeness (QED) is 0.945. The van der Waals surface area contributed by atoms with Crippen molar-refractivity contribution in [1.82, 2.24) is 15.1 Å². The summed E-state index contributed by atoms with van der Waals surface area (Å²) in [4.78, 5) is 23.8. The summed E-state index contributed by atoms with van der Waals surface area (Å²) in [6.07, 6.45) is 0. The summed E-state index contributed by atoms with van der Waals surface area (Å²) in [7, 11) is 1.49. The van der Waals surface area contributed by atoms with E-state index in [0.717, 1.165) is 10.2 Å². The van der Waals surface area contributed by atoms with E-state index in [1.807, 2.05) is 20.8 Å². The van der Waals surface area contributed by atoms with Gasteiger partial charge in [0.2, 0.25) is 0 Å². The van der Waals surface area contributed by atoms with E-state index < -0.39 is 0 Å². The van der Waals surface area contributed by atoms with Crippen molar-refractivity contribution in [2.45, 2.75) is 26.8 Å². The predicted molar refractivity (Wildman–Crippen MR) is 85.5 cm³/mol. The van der Waals surface area contributed by atoms with Crippen LogP contribution in [0.3, 0.4) is 0 Å². The molecule has 0 saturated heterocycles. The number of carbonyl (C=O) groups excluding carboxylic acids is 1. The Bertz CT molecular complexity index is 761. The number of carbonyl (C=O) groups is 1. The minimum atomic E-state index is -0.384. The Labute approximate surface area is 134 Å². The lowest BCUT2D eigenvalue weighted by Crippen LogP contribution is -2.37. The molecule has 0 saturated carbocycles. The fourth-order valence-corrected chi connectivity index (χ4v) is 2.28. The van der Waals surface area contributed by atoms with Crippen LogP contribution in [0, 0.1) is 11.2 Å². The van der Waals surface area contributed by atoms with Gasteiger partial charge in [0, 0.05) is 13.1 Å². The number of nitrogens with one attached hydrogen (secondary N) is 1. The van der Waals surface area contributed by atoms with E-state index in [1.54, 1.807) is 12.1 Å². The summed E-state index contributed by atoms with van der Waals surface area (Å²) in [6.45, 7) is 5.94. The zero-order valence-electron chi connectivity index (χ0n) is 13.6. The standard InChI is InChI=1S/C17H20FN3O2/c1-17(2,3)15(11-5-7-12(18)8-6-11)19-16(23)13-9-10-14(22)21(4)20-13/h5-10,15H,1-4H3,(H,19,23). The Balaban J connectivity index is 2.30. The monoisotopic (exact) mass is 317 g/mol. The minimum absolute atomic E-state index is 0.156. The molecule has 23 heavy (non-hydrogen) atoms. The Morgan fingerprint density at radius 2 is 1.78 bits per heavy atom. The first kappa shape index (κ1) is 16.9. The first-order valence-corrected chi connectivity index (χ1v) is 7.29. The van der Waals surface area contributed by atoms with Crippen LogP contribution in [0.1, 0.15) is 42.9 Å². The maximum absolute atomic E-state index is 13.1. The highest BCUT2D eigenvalue weighted by Crippen LogP contribution is 2.32. The molecule has 2 rings (SSSR count). The van der Waals surface area contributed by atoms with Crippen molar-refractivity contribution >= 4 is 5.91 Å². The summed E-state index contributed by atoms with van der Waals surface area (Å²) in [5.41, 5.74) is 0.390. The molecule has 6 heteroatoms. The molecular weight excluding hydrogens is 297 g/mol. The van der Waals surface area contributed by atoms with Gasteiger partial charge in [0.05, 0.1) is 6.04 Å². The normalized spacial score (nSPS) is 12.7. The van der Waals surface area contributed by atoms with E-state index >= 15 is 0 Å². The topological polar surface area (TPSA) is 64.0 Å². The molecule has 1 N–H and O–H groups in total. The Kier molecular flexibility index (Phi) is 4.63. The molecule has 0 fully saturated rings. The summed E-state index contributed by atoms with van der Waals surface area (Å²) in [6, 6.07) is 8.40. The molecule has 1 heterocycles. The lowest BCUT2D eigenvalue weighted by molar-refractivity contribution is 0.0894. The van der Waals surface area contributed by atoms with Crippen LogP contribution in [0.4, 0.5) is 4.39 Å². The number of halogens is 1. The van der Waals surface area contributed by atoms with Gasteiger partial charge in [0.25, 0.3) is 11.5 Å². The lowest BCUT2D eigenvalue weighted by atomic mass is 9.82. The molecule has 2 aromatic rings. The number of nitrogens with zero attached hydrogens (tertiary/aromatic N) is 2. The van der Waals surface area contributed by atoms with Crippen LogP contribution in [0.25, 0.3) is 0 Å². The van der Waals surface area contributed by atoms with Crippen LogP contribution < -0.4 is 10.9 Å². The van der Waals surface area contributed by atoms with Gasteiger partial charge in [-0.3, -0.25) is 9.59 Å². The van der Waals surface area contributed by atoms with Gasteiger partial charge < -0.3 is 5.32 Å². The molecule has 0 aliphatic heterocycles. The molecule has 1 atom stereocenters. The second kappa shape index (κ2) is 6.32. The fraction of sp³-hybridized carbons (Fsp3) is 0.353. The van der Waals surface area contributed by atoms with Gasteiger partial charge in [-0.25, -0.2) is 9.07 Å². The second-order valence-electron chi connectivity index (χ2n) is 6.50.